The van der Waals surface area contributed by atoms with Gasteiger partial charge >= 0.3 is 0 Å². The third kappa shape index (κ3) is 4.81. The van der Waals surface area contributed by atoms with E-state index in [0.29, 0.717) is 0 Å². The molecule has 0 aliphatic carbocycles. The second-order valence-corrected chi connectivity index (χ2v) is 15.0. The molecule has 0 spiro atoms. The number of fused-ring (bicyclic) bond motifs is 1. The summed E-state index contributed by atoms with van der Waals surface area (Å²) in [6.45, 7) is 15.1. The highest BCUT2D eigenvalue weighted by Crippen LogP contribution is 2.20. The molecule has 1 nitrogen and oxygen atoms in total. The Labute approximate surface area is 146 Å². The van der Waals surface area contributed by atoms with Crippen molar-refractivity contribution in [3.63, 3.8) is 0 Å². The Morgan fingerprint density at radius 1 is 0.870 bits per heavy atom. The number of ether oxygens (including phenoxy) is 1. The standard InChI is InChI=1S/C19H29OSi3/c1-21(2)13-7-12-20-18-11-8-15-14-16(22(3)4)9-10-17(15)19(18)23(5)6/h8-11,14H,7,12-13H2,1-6H3. The fourth-order valence-corrected chi connectivity index (χ4v) is 5.99. The lowest BCUT2D eigenvalue weighted by molar-refractivity contribution is 0.320. The van der Waals surface area contributed by atoms with Crippen molar-refractivity contribution in [3.8, 4) is 5.75 Å². The van der Waals surface area contributed by atoms with E-state index < -0.39 is 17.6 Å². The zero-order valence-corrected chi connectivity index (χ0v) is 18.4. The molecule has 0 heterocycles. The van der Waals surface area contributed by atoms with Gasteiger partial charge in [-0.1, -0.05) is 74.8 Å². The van der Waals surface area contributed by atoms with Gasteiger partial charge in [-0.3, -0.25) is 0 Å². The van der Waals surface area contributed by atoms with Gasteiger partial charge in [0.15, 0.2) is 0 Å². The highest BCUT2D eigenvalue weighted by Gasteiger charge is 2.14. The van der Waals surface area contributed by atoms with Crippen LogP contribution in [-0.2, 0) is 0 Å². The van der Waals surface area contributed by atoms with Crippen molar-refractivity contribution < 1.29 is 4.74 Å². The summed E-state index contributed by atoms with van der Waals surface area (Å²) >= 11 is 0. The fourth-order valence-electron chi connectivity index (χ4n) is 2.86. The van der Waals surface area contributed by atoms with E-state index in [1.165, 1.54) is 33.6 Å². The molecule has 2 rings (SSSR count). The van der Waals surface area contributed by atoms with Crippen LogP contribution in [0.3, 0.4) is 0 Å². The molecule has 0 atom stereocenters. The van der Waals surface area contributed by atoms with E-state index in [2.05, 4.69) is 69.6 Å². The first kappa shape index (κ1) is 18.5. The van der Waals surface area contributed by atoms with Gasteiger partial charge in [-0.05, 0) is 28.4 Å². The van der Waals surface area contributed by atoms with Crippen LogP contribution in [0.2, 0.25) is 45.3 Å². The molecule has 0 saturated heterocycles. The van der Waals surface area contributed by atoms with Gasteiger partial charge in [0, 0.05) is 8.80 Å². The molecule has 2 aromatic rings. The van der Waals surface area contributed by atoms with Gasteiger partial charge in [0.1, 0.15) is 5.75 Å². The molecule has 0 aliphatic rings. The highest BCUT2D eigenvalue weighted by molar-refractivity contribution is 6.74. The third-order valence-corrected chi connectivity index (χ3v) is 8.47. The maximum atomic E-state index is 6.18. The van der Waals surface area contributed by atoms with Crippen molar-refractivity contribution in [1.82, 2.24) is 0 Å². The van der Waals surface area contributed by atoms with Crippen molar-refractivity contribution in [2.24, 2.45) is 0 Å². The zero-order chi connectivity index (χ0) is 17.0. The second kappa shape index (κ2) is 8.31. The first-order chi connectivity index (χ1) is 10.9. The summed E-state index contributed by atoms with van der Waals surface area (Å²) in [5, 5.41) is 5.78. The number of rotatable bonds is 7. The molecule has 0 saturated carbocycles. The molecule has 3 radical (unpaired) electrons. The highest BCUT2D eigenvalue weighted by atomic mass is 28.3. The Kier molecular flexibility index (Phi) is 6.68. The molecular formula is C19H29OSi3. The van der Waals surface area contributed by atoms with E-state index >= 15 is 0 Å². The zero-order valence-electron chi connectivity index (χ0n) is 15.4. The minimum atomic E-state index is -0.563. The molecule has 4 heteroatoms. The van der Waals surface area contributed by atoms with Gasteiger partial charge in [-0.2, -0.15) is 0 Å². The van der Waals surface area contributed by atoms with Crippen LogP contribution < -0.4 is 15.1 Å². The van der Waals surface area contributed by atoms with Crippen LogP contribution in [0.4, 0.5) is 0 Å². The molecule has 23 heavy (non-hydrogen) atoms. The lowest BCUT2D eigenvalue weighted by atomic mass is 10.1. The lowest BCUT2D eigenvalue weighted by Crippen LogP contribution is -2.28. The SMILES string of the molecule is C[Si](C)CCCOc1ccc2cc([Si](C)C)ccc2c1[Si](C)C. The molecule has 0 unspecified atom stereocenters. The summed E-state index contributed by atoms with van der Waals surface area (Å²) < 4.78 is 6.18. The molecule has 2 aromatic carbocycles. The molecule has 0 amide bonds. The molecule has 0 N–H and O–H groups in total. The second-order valence-electron chi connectivity index (χ2n) is 7.03. The van der Waals surface area contributed by atoms with Crippen molar-refractivity contribution >= 4 is 47.5 Å². The van der Waals surface area contributed by atoms with Crippen LogP contribution in [0.1, 0.15) is 6.42 Å². The van der Waals surface area contributed by atoms with E-state index in [1.807, 2.05) is 0 Å². The van der Waals surface area contributed by atoms with Crippen LogP contribution in [0.25, 0.3) is 10.8 Å². The van der Waals surface area contributed by atoms with Crippen LogP contribution in [0, 0.1) is 0 Å². The summed E-state index contributed by atoms with van der Waals surface area (Å²) in [6.07, 6.45) is 1.19. The van der Waals surface area contributed by atoms with Gasteiger partial charge in [-0.25, -0.2) is 0 Å². The summed E-state index contributed by atoms with van der Waals surface area (Å²) in [5.41, 5.74) is 0. The van der Waals surface area contributed by atoms with Crippen LogP contribution in [0.15, 0.2) is 30.3 Å². The number of hydrogen-bond donors (Lipinski definition) is 0. The monoisotopic (exact) mass is 357 g/mol. The maximum Gasteiger partial charge on any atom is 0.118 e. The van der Waals surface area contributed by atoms with E-state index in [1.54, 1.807) is 0 Å². The Morgan fingerprint density at radius 2 is 1.61 bits per heavy atom. The first-order valence-corrected chi connectivity index (χ1v) is 16.2. The minimum absolute atomic E-state index is 0.132. The molecule has 123 valence electrons. The van der Waals surface area contributed by atoms with Crippen molar-refractivity contribution in [2.75, 3.05) is 6.61 Å². The van der Waals surface area contributed by atoms with Gasteiger partial charge in [-0.15, -0.1) is 0 Å². The molecule has 0 aliphatic heterocycles. The number of hydrogen-bond acceptors (Lipinski definition) is 1. The molecule has 0 fully saturated rings. The van der Waals surface area contributed by atoms with Gasteiger partial charge in [0.25, 0.3) is 0 Å². The van der Waals surface area contributed by atoms with Crippen molar-refractivity contribution in [2.45, 2.75) is 51.7 Å². The van der Waals surface area contributed by atoms with E-state index in [-0.39, 0.29) is 8.80 Å². The Hall–Kier alpha value is -0.849. The average Bonchev–Trinajstić information content (AvgIpc) is 2.49. The number of benzene rings is 2. The van der Waals surface area contributed by atoms with Crippen LogP contribution >= 0.6 is 0 Å². The Balaban J connectivity index is 2.30. The van der Waals surface area contributed by atoms with E-state index in [0.717, 1.165) is 12.4 Å². The third-order valence-electron chi connectivity index (χ3n) is 4.14. The average molecular weight is 358 g/mol. The predicted molar refractivity (Wildman–Crippen MR) is 111 cm³/mol. The minimum Gasteiger partial charge on any atom is -0.494 e. The van der Waals surface area contributed by atoms with E-state index in [4.69, 9.17) is 4.74 Å². The van der Waals surface area contributed by atoms with Crippen molar-refractivity contribution in [1.29, 1.82) is 0 Å². The summed E-state index contributed by atoms with van der Waals surface area (Å²) in [7, 11) is -1.09. The summed E-state index contributed by atoms with van der Waals surface area (Å²) in [5.74, 6) is 1.13. The predicted octanol–water partition coefficient (Wildman–Crippen LogP) is 4.29. The van der Waals surface area contributed by atoms with Gasteiger partial charge < -0.3 is 4.74 Å². The van der Waals surface area contributed by atoms with Gasteiger partial charge in [0.05, 0.1) is 24.2 Å². The molecule has 0 bridgehead atoms. The quantitative estimate of drug-likeness (QED) is 0.531. The van der Waals surface area contributed by atoms with E-state index in [9.17, 15) is 0 Å². The molecular weight excluding hydrogens is 328 g/mol. The smallest absolute Gasteiger partial charge is 0.118 e. The van der Waals surface area contributed by atoms with Crippen LogP contribution in [0.5, 0.6) is 5.75 Å². The maximum absolute atomic E-state index is 6.18. The Morgan fingerprint density at radius 3 is 2.22 bits per heavy atom. The Bertz CT molecular complexity index is 650. The van der Waals surface area contributed by atoms with Gasteiger partial charge in [0.2, 0.25) is 0 Å². The molecule has 0 aromatic heterocycles. The summed E-state index contributed by atoms with van der Waals surface area (Å²) in [4.78, 5) is 0. The van der Waals surface area contributed by atoms with Crippen LogP contribution in [-0.4, -0.2) is 33.0 Å². The lowest BCUT2D eigenvalue weighted by Gasteiger charge is -2.17. The summed E-state index contributed by atoms with van der Waals surface area (Å²) in [6, 6.07) is 12.9. The van der Waals surface area contributed by atoms with Crippen molar-refractivity contribution in [3.05, 3.63) is 30.3 Å². The largest absolute Gasteiger partial charge is 0.494 e. The topological polar surface area (TPSA) is 9.23 Å². The first-order valence-electron chi connectivity index (χ1n) is 8.50. The fraction of sp³-hybridized carbons (Fsp3) is 0.474. The normalized spacial score (nSPS) is 11.9.